The Bertz CT molecular complexity index is 605. The predicted molar refractivity (Wildman–Crippen MR) is 97.9 cm³/mol. The molecule has 0 bridgehead atoms. The third-order valence-corrected chi connectivity index (χ3v) is 5.04. The highest BCUT2D eigenvalue weighted by Crippen LogP contribution is 2.36. The molecule has 2 N–H and O–H groups in total. The third kappa shape index (κ3) is 4.87. The molecule has 1 aliphatic rings. The molecule has 1 fully saturated rings. The number of benzene rings is 1. The lowest BCUT2D eigenvalue weighted by atomic mass is 9.77. The first-order chi connectivity index (χ1) is 12.0. The van der Waals surface area contributed by atoms with E-state index in [1.54, 1.807) is 12.0 Å². The van der Waals surface area contributed by atoms with Gasteiger partial charge in [0.25, 0.3) is 0 Å². The zero-order chi connectivity index (χ0) is 18.3. The van der Waals surface area contributed by atoms with Crippen LogP contribution < -0.4 is 15.4 Å². The summed E-state index contributed by atoms with van der Waals surface area (Å²) >= 11 is 0. The van der Waals surface area contributed by atoms with Crippen LogP contribution in [0.2, 0.25) is 0 Å². The normalized spacial score (nSPS) is 17.2. The summed E-state index contributed by atoms with van der Waals surface area (Å²) in [5.74, 6) is 0.780. The van der Waals surface area contributed by atoms with E-state index in [0.717, 1.165) is 30.6 Å². The Morgan fingerprint density at radius 3 is 2.88 bits per heavy atom. The number of ether oxygens (including phenoxy) is 1. The maximum absolute atomic E-state index is 12.3. The van der Waals surface area contributed by atoms with Crippen LogP contribution in [0.15, 0.2) is 24.3 Å². The second-order valence-corrected chi connectivity index (χ2v) is 6.72. The molecule has 0 saturated carbocycles. The largest absolute Gasteiger partial charge is 0.496 e. The highest BCUT2D eigenvalue weighted by Gasteiger charge is 2.28. The number of hydrogen-bond donors (Lipinski definition) is 2. The van der Waals surface area contributed by atoms with Gasteiger partial charge < -0.3 is 20.3 Å². The minimum atomic E-state index is -0.171. The van der Waals surface area contributed by atoms with Crippen molar-refractivity contribution in [3.63, 3.8) is 0 Å². The fourth-order valence-electron chi connectivity index (χ4n) is 3.18. The Labute approximate surface area is 149 Å². The average Bonchev–Trinajstić information content (AvgIpc) is 2.86. The van der Waals surface area contributed by atoms with Gasteiger partial charge in [0.1, 0.15) is 12.3 Å². The van der Waals surface area contributed by atoms with Crippen LogP contribution in [0.4, 0.5) is 4.79 Å². The van der Waals surface area contributed by atoms with E-state index in [0.29, 0.717) is 19.6 Å². The summed E-state index contributed by atoms with van der Waals surface area (Å²) in [6.45, 7) is 6.25. The molecule has 0 unspecified atom stereocenters. The molecule has 25 heavy (non-hydrogen) atoms. The van der Waals surface area contributed by atoms with E-state index in [4.69, 9.17) is 4.74 Å². The van der Waals surface area contributed by atoms with E-state index in [2.05, 4.69) is 30.5 Å². The van der Waals surface area contributed by atoms with E-state index in [-0.39, 0.29) is 23.9 Å². The minimum absolute atomic E-state index is 0.0873. The van der Waals surface area contributed by atoms with Gasteiger partial charge in [-0.1, -0.05) is 32.0 Å². The molecular weight excluding hydrogens is 318 g/mol. The SMILES string of the molecule is CC[C@](C)(CCNC(=O)N1CCCNC(=O)C1)c1ccccc1OC. The zero-order valence-corrected chi connectivity index (χ0v) is 15.4. The number of nitrogens with one attached hydrogen (secondary N) is 2. The molecule has 1 saturated heterocycles. The molecule has 1 aromatic rings. The molecular formula is C19H29N3O3. The van der Waals surface area contributed by atoms with Crippen molar-refractivity contribution in [2.45, 2.75) is 38.5 Å². The number of para-hydroxylation sites is 1. The van der Waals surface area contributed by atoms with Crippen molar-refractivity contribution in [1.29, 1.82) is 0 Å². The lowest BCUT2D eigenvalue weighted by Gasteiger charge is -2.31. The Morgan fingerprint density at radius 2 is 2.16 bits per heavy atom. The molecule has 3 amide bonds. The van der Waals surface area contributed by atoms with Crippen LogP contribution in [-0.4, -0.2) is 50.1 Å². The number of carbonyl (C=O) groups excluding carboxylic acids is 2. The van der Waals surface area contributed by atoms with Crippen molar-refractivity contribution in [2.24, 2.45) is 0 Å². The van der Waals surface area contributed by atoms with E-state index in [1.807, 2.05) is 18.2 Å². The molecule has 0 aromatic heterocycles. The maximum atomic E-state index is 12.3. The first kappa shape index (κ1) is 19.1. The minimum Gasteiger partial charge on any atom is -0.496 e. The fraction of sp³-hybridized carbons (Fsp3) is 0.579. The summed E-state index contributed by atoms with van der Waals surface area (Å²) in [5, 5.41) is 5.74. The van der Waals surface area contributed by atoms with E-state index in [1.165, 1.54) is 0 Å². The van der Waals surface area contributed by atoms with Crippen LogP contribution in [0.25, 0.3) is 0 Å². The molecule has 0 aliphatic carbocycles. The summed E-state index contributed by atoms with van der Waals surface area (Å²) in [6, 6.07) is 7.86. The van der Waals surface area contributed by atoms with Crippen LogP contribution in [0.3, 0.4) is 0 Å². The van der Waals surface area contributed by atoms with Gasteiger partial charge in [0.05, 0.1) is 7.11 Å². The van der Waals surface area contributed by atoms with Crippen LogP contribution in [0.5, 0.6) is 5.75 Å². The highest BCUT2D eigenvalue weighted by atomic mass is 16.5. The lowest BCUT2D eigenvalue weighted by molar-refractivity contribution is -0.121. The molecule has 138 valence electrons. The fourth-order valence-corrected chi connectivity index (χ4v) is 3.18. The van der Waals surface area contributed by atoms with Crippen molar-refractivity contribution in [1.82, 2.24) is 15.5 Å². The zero-order valence-electron chi connectivity index (χ0n) is 15.4. The summed E-state index contributed by atoms with van der Waals surface area (Å²) < 4.78 is 5.50. The van der Waals surface area contributed by atoms with Gasteiger partial charge in [0.2, 0.25) is 5.91 Å². The lowest BCUT2D eigenvalue weighted by Crippen LogP contribution is -2.44. The van der Waals surface area contributed by atoms with Crippen LogP contribution >= 0.6 is 0 Å². The number of carbonyl (C=O) groups is 2. The molecule has 0 radical (unpaired) electrons. The van der Waals surface area contributed by atoms with Gasteiger partial charge in [-0.15, -0.1) is 0 Å². The van der Waals surface area contributed by atoms with Gasteiger partial charge in [-0.2, -0.15) is 0 Å². The number of nitrogens with zero attached hydrogens (tertiary/aromatic N) is 1. The second kappa shape index (κ2) is 8.74. The van der Waals surface area contributed by atoms with Crippen LogP contribution in [-0.2, 0) is 10.2 Å². The summed E-state index contributed by atoms with van der Waals surface area (Å²) in [5.41, 5.74) is 1.07. The monoisotopic (exact) mass is 347 g/mol. The predicted octanol–water partition coefficient (Wildman–Crippen LogP) is 2.28. The third-order valence-electron chi connectivity index (χ3n) is 5.04. The number of hydrogen-bond acceptors (Lipinski definition) is 3. The molecule has 1 aromatic carbocycles. The molecule has 1 heterocycles. The first-order valence-corrected chi connectivity index (χ1v) is 8.93. The Morgan fingerprint density at radius 1 is 1.40 bits per heavy atom. The van der Waals surface area contributed by atoms with Gasteiger partial charge in [-0.05, 0) is 30.7 Å². The molecule has 2 rings (SSSR count). The Kier molecular flexibility index (Phi) is 6.67. The van der Waals surface area contributed by atoms with Crippen molar-refractivity contribution in [3.8, 4) is 5.75 Å². The molecule has 0 spiro atoms. The van der Waals surface area contributed by atoms with Crippen molar-refractivity contribution in [3.05, 3.63) is 29.8 Å². The number of urea groups is 1. The van der Waals surface area contributed by atoms with E-state index < -0.39 is 0 Å². The second-order valence-electron chi connectivity index (χ2n) is 6.72. The molecule has 1 atom stereocenters. The summed E-state index contributed by atoms with van der Waals surface area (Å²) in [6.07, 6.45) is 2.53. The number of amides is 3. The quantitative estimate of drug-likeness (QED) is 0.829. The van der Waals surface area contributed by atoms with Crippen molar-refractivity contribution < 1.29 is 14.3 Å². The van der Waals surface area contributed by atoms with Gasteiger partial charge in [0, 0.05) is 25.2 Å². The summed E-state index contributed by atoms with van der Waals surface area (Å²) in [7, 11) is 1.68. The van der Waals surface area contributed by atoms with Gasteiger partial charge in [-0.3, -0.25) is 4.79 Å². The van der Waals surface area contributed by atoms with E-state index >= 15 is 0 Å². The van der Waals surface area contributed by atoms with Crippen molar-refractivity contribution in [2.75, 3.05) is 33.3 Å². The smallest absolute Gasteiger partial charge is 0.317 e. The first-order valence-electron chi connectivity index (χ1n) is 8.93. The molecule has 6 heteroatoms. The average molecular weight is 347 g/mol. The van der Waals surface area contributed by atoms with Crippen molar-refractivity contribution >= 4 is 11.9 Å². The van der Waals surface area contributed by atoms with Gasteiger partial charge in [-0.25, -0.2) is 4.79 Å². The van der Waals surface area contributed by atoms with Gasteiger partial charge >= 0.3 is 6.03 Å². The highest BCUT2D eigenvalue weighted by molar-refractivity contribution is 5.84. The number of rotatable bonds is 6. The number of methoxy groups -OCH3 is 1. The van der Waals surface area contributed by atoms with Crippen LogP contribution in [0, 0.1) is 0 Å². The summed E-state index contributed by atoms with van der Waals surface area (Å²) in [4.78, 5) is 25.5. The van der Waals surface area contributed by atoms with Crippen LogP contribution in [0.1, 0.15) is 38.7 Å². The topological polar surface area (TPSA) is 70.7 Å². The molecule has 1 aliphatic heterocycles. The molecule has 6 nitrogen and oxygen atoms in total. The maximum Gasteiger partial charge on any atom is 0.317 e. The standard InChI is InChI=1S/C19H29N3O3/c1-4-19(2,15-8-5-6-9-16(15)25-3)10-12-21-18(24)22-13-7-11-20-17(23)14-22/h5-6,8-9H,4,7,10-14H2,1-3H3,(H,20,23)(H,21,24)/t19-/m1/s1. The van der Waals surface area contributed by atoms with Gasteiger partial charge in [0.15, 0.2) is 0 Å². The Balaban J connectivity index is 1.96. The van der Waals surface area contributed by atoms with E-state index in [9.17, 15) is 9.59 Å². The Hall–Kier alpha value is -2.24.